The molecular weight excluding hydrogens is 266 g/mol. The predicted octanol–water partition coefficient (Wildman–Crippen LogP) is 3.80. The van der Waals surface area contributed by atoms with Gasteiger partial charge in [-0.1, -0.05) is 36.4 Å². The van der Waals surface area contributed by atoms with Gasteiger partial charge in [-0.3, -0.25) is 10.1 Å². The van der Waals surface area contributed by atoms with E-state index in [2.05, 4.69) is 11.6 Å². The summed E-state index contributed by atoms with van der Waals surface area (Å²) in [6.07, 6.45) is 3.42. The van der Waals surface area contributed by atoms with Gasteiger partial charge in [0.1, 0.15) is 0 Å². The Morgan fingerprint density at radius 3 is 2.71 bits per heavy atom. The lowest BCUT2D eigenvalue weighted by Gasteiger charge is -2.05. The van der Waals surface area contributed by atoms with Gasteiger partial charge in [-0.15, -0.1) is 6.58 Å². The van der Waals surface area contributed by atoms with Crippen LogP contribution >= 0.6 is 0 Å². The second-order valence-electron chi connectivity index (χ2n) is 4.67. The van der Waals surface area contributed by atoms with Crippen molar-refractivity contribution in [2.45, 2.75) is 6.54 Å². The SMILES string of the molecule is C=CCn1cnc2c(-c3ccccc3)cc([N+](=O)[O-])cc21. The number of non-ortho nitro benzene ring substituents is 1. The van der Waals surface area contributed by atoms with Gasteiger partial charge in [0.15, 0.2) is 0 Å². The summed E-state index contributed by atoms with van der Waals surface area (Å²) in [7, 11) is 0. The molecule has 104 valence electrons. The average Bonchev–Trinajstić information content (AvgIpc) is 2.91. The van der Waals surface area contributed by atoms with Crippen LogP contribution in [0.5, 0.6) is 0 Å². The minimum atomic E-state index is -0.378. The Bertz CT molecular complexity index is 822. The molecule has 1 aromatic heterocycles. The standard InChI is InChI=1S/C16H13N3O2/c1-2-8-18-11-17-16-14(12-6-4-3-5-7-12)9-13(19(20)21)10-15(16)18/h2-7,9-11H,1,8H2. The number of allylic oxidation sites excluding steroid dienone is 1. The molecule has 0 radical (unpaired) electrons. The van der Waals surface area contributed by atoms with Crippen molar-refractivity contribution < 1.29 is 4.92 Å². The van der Waals surface area contributed by atoms with E-state index in [-0.39, 0.29) is 10.6 Å². The maximum Gasteiger partial charge on any atom is 0.272 e. The molecule has 1 heterocycles. The molecule has 3 aromatic rings. The lowest BCUT2D eigenvalue weighted by atomic mass is 10.0. The van der Waals surface area contributed by atoms with E-state index in [4.69, 9.17) is 0 Å². The van der Waals surface area contributed by atoms with E-state index in [9.17, 15) is 10.1 Å². The molecule has 0 aliphatic rings. The molecule has 0 fully saturated rings. The average molecular weight is 279 g/mol. The summed E-state index contributed by atoms with van der Waals surface area (Å²) in [4.78, 5) is 15.2. The Morgan fingerprint density at radius 2 is 2.05 bits per heavy atom. The van der Waals surface area contributed by atoms with Gasteiger partial charge in [-0.2, -0.15) is 0 Å². The molecule has 0 N–H and O–H groups in total. The molecule has 3 rings (SSSR count). The van der Waals surface area contributed by atoms with Crippen LogP contribution in [0.4, 0.5) is 5.69 Å². The summed E-state index contributed by atoms with van der Waals surface area (Å²) < 4.78 is 1.85. The Morgan fingerprint density at radius 1 is 1.29 bits per heavy atom. The number of aromatic nitrogens is 2. The van der Waals surface area contributed by atoms with Gasteiger partial charge < -0.3 is 4.57 Å². The monoisotopic (exact) mass is 279 g/mol. The van der Waals surface area contributed by atoms with Crippen molar-refractivity contribution in [1.82, 2.24) is 9.55 Å². The number of imidazole rings is 1. The van der Waals surface area contributed by atoms with Crippen molar-refractivity contribution in [3.8, 4) is 11.1 Å². The molecule has 0 saturated heterocycles. The van der Waals surface area contributed by atoms with E-state index in [1.165, 1.54) is 0 Å². The van der Waals surface area contributed by atoms with Crippen LogP contribution in [0.3, 0.4) is 0 Å². The van der Waals surface area contributed by atoms with E-state index >= 15 is 0 Å². The molecule has 0 saturated carbocycles. The Kier molecular flexibility index (Phi) is 3.23. The quantitative estimate of drug-likeness (QED) is 0.414. The minimum Gasteiger partial charge on any atom is -0.326 e. The first-order chi connectivity index (χ1) is 10.2. The Balaban J connectivity index is 2.32. The zero-order valence-corrected chi connectivity index (χ0v) is 11.3. The number of hydrogen-bond acceptors (Lipinski definition) is 3. The summed E-state index contributed by atoms with van der Waals surface area (Å²) >= 11 is 0. The third kappa shape index (κ3) is 2.29. The fraction of sp³-hybridized carbons (Fsp3) is 0.0625. The molecule has 0 unspecified atom stereocenters. The second-order valence-corrected chi connectivity index (χ2v) is 4.67. The number of nitrogens with zero attached hydrogens (tertiary/aromatic N) is 3. The molecular formula is C16H13N3O2. The zero-order chi connectivity index (χ0) is 14.8. The van der Waals surface area contributed by atoms with Crippen LogP contribution < -0.4 is 0 Å². The van der Waals surface area contributed by atoms with E-state index < -0.39 is 0 Å². The number of fused-ring (bicyclic) bond motifs is 1. The van der Waals surface area contributed by atoms with Crippen molar-refractivity contribution in [2.75, 3.05) is 0 Å². The molecule has 0 aliphatic carbocycles. The van der Waals surface area contributed by atoms with Crippen LogP contribution in [-0.4, -0.2) is 14.5 Å². The van der Waals surface area contributed by atoms with E-state index in [0.29, 0.717) is 6.54 Å². The molecule has 21 heavy (non-hydrogen) atoms. The summed E-state index contributed by atoms with van der Waals surface area (Å²) in [6.45, 7) is 4.26. The van der Waals surface area contributed by atoms with Crippen molar-refractivity contribution in [1.29, 1.82) is 0 Å². The lowest BCUT2D eigenvalue weighted by Crippen LogP contribution is -1.95. The molecule has 0 atom stereocenters. The van der Waals surface area contributed by atoms with Crippen molar-refractivity contribution in [3.05, 3.63) is 71.6 Å². The van der Waals surface area contributed by atoms with Crippen molar-refractivity contribution in [3.63, 3.8) is 0 Å². The first kappa shape index (κ1) is 13.1. The molecule has 0 aliphatic heterocycles. The predicted molar refractivity (Wildman–Crippen MR) is 82.0 cm³/mol. The third-order valence-corrected chi connectivity index (χ3v) is 3.33. The molecule has 0 spiro atoms. The highest BCUT2D eigenvalue weighted by Crippen LogP contribution is 2.32. The Labute approximate surface area is 121 Å². The van der Waals surface area contributed by atoms with Crippen LogP contribution in [0.1, 0.15) is 0 Å². The maximum atomic E-state index is 11.2. The highest BCUT2D eigenvalue weighted by atomic mass is 16.6. The van der Waals surface area contributed by atoms with Crippen LogP contribution in [0.2, 0.25) is 0 Å². The summed E-state index contributed by atoms with van der Waals surface area (Å²) in [5.74, 6) is 0. The van der Waals surface area contributed by atoms with E-state index in [1.807, 2.05) is 34.9 Å². The van der Waals surface area contributed by atoms with Crippen molar-refractivity contribution in [2.24, 2.45) is 0 Å². The maximum absolute atomic E-state index is 11.2. The second kappa shape index (κ2) is 5.20. The van der Waals surface area contributed by atoms with Gasteiger partial charge in [0.05, 0.1) is 22.3 Å². The first-order valence-electron chi connectivity index (χ1n) is 6.50. The van der Waals surface area contributed by atoms with Gasteiger partial charge in [-0.05, 0) is 5.56 Å². The van der Waals surface area contributed by atoms with Crippen LogP contribution in [0.25, 0.3) is 22.2 Å². The molecule has 0 bridgehead atoms. The largest absolute Gasteiger partial charge is 0.326 e. The van der Waals surface area contributed by atoms with E-state index in [0.717, 1.165) is 22.2 Å². The fourth-order valence-electron chi connectivity index (χ4n) is 2.38. The number of hydrogen-bond donors (Lipinski definition) is 0. The number of benzene rings is 2. The summed E-state index contributed by atoms with van der Waals surface area (Å²) in [6, 6.07) is 12.7. The van der Waals surface area contributed by atoms with Crippen LogP contribution in [0.15, 0.2) is 61.4 Å². The summed E-state index contributed by atoms with van der Waals surface area (Å²) in [5, 5.41) is 11.2. The topological polar surface area (TPSA) is 61.0 Å². The van der Waals surface area contributed by atoms with Gasteiger partial charge >= 0.3 is 0 Å². The molecule has 2 aromatic carbocycles. The van der Waals surface area contributed by atoms with Gasteiger partial charge in [0.2, 0.25) is 0 Å². The van der Waals surface area contributed by atoms with E-state index in [1.54, 1.807) is 24.5 Å². The number of nitro benzene ring substituents is 1. The highest BCUT2D eigenvalue weighted by Gasteiger charge is 2.16. The highest BCUT2D eigenvalue weighted by molar-refractivity contribution is 5.94. The van der Waals surface area contributed by atoms with Crippen LogP contribution in [-0.2, 0) is 6.54 Å². The number of nitro groups is 1. The molecule has 5 nitrogen and oxygen atoms in total. The normalized spacial score (nSPS) is 10.7. The smallest absolute Gasteiger partial charge is 0.272 e. The molecule has 5 heteroatoms. The van der Waals surface area contributed by atoms with Crippen molar-refractivity contribution >= 4 is 16.7 Å². The van der Waals surface area contributed by atoms with Gasteiger partial charge in [0, 0.05) is 24.2 Å². The molecule has 0 amide bonds. The fourth-order valence-corrected chi connectivity index (χ4v) is 2.38. The third-order valence-electron chi connectivity index (χ3n) is 3.33. The lowest BCUT2D eigenvalue weighted by molar-refractivity contribution is -0.384. The van der Waals surface area contributed by atoms with Gasteiger partial charge in [0.25, 0.3) is 5.69 Å². The zero-order valence-electron chi connectivity index (χ0n) is 11.3. The summed E-state index contributed by atoms with van der Waals surface area (Å²) in [5.41, 5.74) is 3.24. The number of rotatable bonds is 4. The first-order valence-corrected chi connectivity index (χ1v) is 6.50. The minimum absolute atomic E-state index is 0.0622. The Hall–Kier alpha value is -2.95. The van der Waals surface area contributed by atoms with Gasteiger partial charge in [-0.25, -0.2) is 4.98 Å². The van der Waals surface area contributed by atoms with Crippen LogP contribution in [0, 0.1) is 10.1 Å².